The molecular weight excluding hydrogens is 377 g/mol. The van der Waals surface area contributed by atoms with Crippen molar-refractivity contribution in [1.29, 1.82) is 0 Å². The van der Waals surface area contributed by atoms with Gasteiger partial charge in [-0.05, 0) is 48.9 Å². The van der Waals surface area contributed by atoms with E-state index in [1.807, 2.05) is 36.4 Å². The largest absolute Gasteiger partial charge is 0.378 e. The molecule has 3 aromatic carbocycles. The Kier molecular flexibility index (Phi) is 5.06. The average molecular weight is 396 g/mol. The molecule has 4 aromatic rings. The second kappa shape index (κ2) is 7.63. The minimum absolute atomic E-state index is 0.567. The molecule has 4 rings (SSSR count). The van der Waals surface area contributed by atoms with Crippen molar-refractivity contribution in [3.05, 3.63) is 93.7 Å². The van der Waals surface area contributed by atoms with Crippen LogP contribution in [0.5, 0.6) is 0 Å². The number of halogens is 2. The van der Waals surface area contributed by atoms with Crippen LogP contribution in [0.25, 0.3) is 11.0 Å². The van der Waals surface area contributed by atoms with E-state index in [9.17, 15) is 0 Å². The van der Waals surface area contributed by atoms with Crippen molar-refractivity contribution in [2.45, 2.75) is 20.0 Å². The summed E-state index contributed by atoms with van der Waals surface area (Å²) in [5.41, 5.74) is 5.49. The molecule has 0 radical (unpaired) electrons. The number of imidazole rings is 1. The highest BCUT2D eigenvalue weighted by atomic mass is 35.5. The maximum Gasteiger partial charge on any atom is 0.129 e. The molecule has 0 atom stereocenters. The SMILES string of the molecule is Cc1ccc(NCc2nc3ccccc3n2Cc2ccc(Cl)c(Cl)c2)cc1. The van der Waals surface area contributed by atoms with Gasteiger partial charge in [0.15, 0.2) is 0 Å². The van der Waals surface area contributed by atoms with Crippen LogP contribution >= 0.6 is 23.2 Å². The van der Waals surface area contributed by atoms with Crippen LogP contribution in [0.2, 0.25) is 10.0 Å². The topological polar surface area (TPSA) is 29.9 Å². The normalized spacial score (nSPS) is 11.1. The summed E-state index contributed by atoms with van der Waals surface area (Å²) in [4.78, 5) is 4.82. The van der Waals surface area contributed by atoms with E-state index in [0.29, 0.717) is 23.1 Å². The summed E-state index contributed by atoms with van der Waals surface area (Å²) in [5.74, 6) is 0.975. The molecule has 0 fully saturated rings. The van der Waals surface area contributed by atoms with Crippen LogP contribution in [0.4, 0.5) is 5.69 Å². The lowest BCUT2D eigenvalue weighted by Crippen LogP contribution is -2.10. The van der Waals surface area contributed by atoms with Gasteiger partial charge in [-0.15, -0.1) is 0 Å². The fraction of sp³-hybridized carbons (Fsp3) is 0.136. The van der Waals surface area contributed by atoms with Crippen LogP contribution in [0.1, 0.15) is 17.0 Å². The number of hydrogen-bond acceptors (Lipinski definition) is 2. The standard InChI is InChI=1S/C22H19Cl2N3/c1-15-6-9-17(10-7-15)25-13-22-26-20-4-2-3-5-21(20)27(22)14-16-8-11-18(23)19(24)12-16/h2-12,25H,13-14H2,1H3. The summed E-state index contributed by atoms with van der Waals surface area (Å²) in [5, 5.41) is 4.60. The van der Waals surface area contributed by atoms with Crippen molar-refractivity contribution >= 4 is 39.9 Å². The van der Waals surface area contributed by atoms with Crippen LogP contribution in [-0.4, -0.2) is 9.55 Å². The number of rotatable bonds is 5. The van der Waals surface area contributed by atoms with Gasteiger partial charge >= 0.3 is 0 Å². The first-order valence-electron chi connectivity index (χ1n) is 8.79. The van der Waals surface area contributed by atoms with E-state index in [4.69, 9.17) is 28.2 Å². The Balaban J connectivity index is 1.66. The van der Waals surface area contributed by atoms with Gasteiger partial charge in [0.1, 0.15) is 5.82 Å². The van der Waals surface area contributed by atoms with Crippen LogP contribution in [0.15, 0.2) is 66.7 Å². The number of benzene rings is 3. The zero-order valence-corrected chi connectivity index (χ0v) is 16.4. The van der Waals surface area contributed by atoms with Gasteiger partial charge < -0.3 is 9.88 Å². The molecule has 0 amide bonds. The lowest BCUT2D eigenvalue weighted by molar-refractivity contribution is 0.756. The Morgan fingerprint density at radius 1 is 0.926 bits per heavy atom. The average Bonchev–Trinajstić information content (AvgIpc) is 3.02. The fourth-order valence-corrected chi connectivity index (χ4v) is 3.43. The minimum Gasteiger partial charge on any atom is -0.378 e. The van der Waals surface area contributed by atoms with Crippen LogP contribution in [-0.2, 0) is 13.1 Å². The number of nitrogens with zero attached hydrogens (tertiary/aromatic N) is 2. The van der Waals surface area contributed by atoms with Gasteiger partial charge in [0, 0.05) is 12.2 Å². The van der Waals surface area contributed by atoms with Gasteiger partial charge in [0.05, 0.1) is 27.6 Å². The van der Waals surface area contributed by atoms with Crippen LogP contribution in [0, 0.1) is 6.92 Å². The van der Waals surface area contributed by atoms with E-state index in [0.717, 1.165) is 28.1 Å². The molecule has 0 aliphatic rings. The highest BCUT2D eigenvalue weighted by Crippen LogP contribution is 2.25. The molecule has 0 spiro atoms. The Labute approximate surface area is 168 Å². The predicted molar refractivity (Wildman–Crippen MR) is 114 cm³/mol. The van der Waals surface area contributed by atoms with E-state index in [1.54, 1.807) is 0 Å². The summed E-state index contributed by atoms with van der Waals surface area (Å²) in [6.07, 6.45) is 0. The monoisotopic (exact) mass is 395 g/mol. The lowest BCUT2D eigenvalue weighted by atomic mass is 10.2. The van der Waals surface area contributed by atoms with E-state index >= 15 is 0 Å². The molecular formula is C22H19Cl2N3. The zero-order valence-electron chi connectivity index (χ0n) is 14.9. The molecule has 1 aromatic heterocycles. The second-order valence-electron chi connectivity index (χ2n) is 6.57. The van der Waals surface area contributed by atoms with Crippen LogP contribution in [0.3, 0.4) is 0 Å². The highest BCUT2D eigenvalue weighted by molar-refractivity contribution is 6.42. The number of para-hydroxylation sites is 2. The van der Waals surface area contributed by atoms with Crippen molar-refractivity contribution in [3.63, 3.8) is 0 Å². The van der Waals surface area contributed by atoms with E-state index in [-0.39, 0.29) is 0 Å². The van der Waals surface area contributed by atoms with Gasteiger partial charge in [-0.1, -0.05) is 59.1 Å². The first-order valence-corrected chi connectivity index (χ1v) is 9.54. The lowest BCUT2D eigenvalue weighted by Gasteiger charge is -2.12. The van der Waals surface area contributed by atoms with Gasteiger partial charge in [0.2, 0.25) is 0 Å². The summed E-state index contributed by atoms with van der Waals surface area (Å²) in [6, 6.07) is 22.3. The first-order chi connectivity index (χ1) is 13.1. The molecule has 0 bridgehead atoms. The molecule has 27 heavy (non-hydrogen) atoms. The molecule has 3 nitrogen and oxygen atoms in total. The minimum atomic E-state index is 0.567. The van der Waals surface area contributed by atoms with Crippen molar-refractivity contribution in [2.24, 2.45) is 0 Å². The third-order valence-electron chi connectivity index (χ3n) is 4.56. The number of aryl methyl sites for hydroxylation is 1. The van der Waals surface area contributed by atoms with Crippen molar-refractivity contribution in [2.75, 3.05) is 5.32 Å². The summed E-state index contributed by atoms with van der Waals surface area (Å²) >= 11 is 12.3. The number of hydrogen-bond donors (Lipinski definition) is 1. The predicted octanol–water partition coefficient (Wildman–Crippen LogP) is 6.31. The number of fused-ring (bicyclic) bond motifs is 1. The third kappa shape index (κ3) is 3.95. The van der Waals surface area contributed by atoms with Crippen molar-refractivity contribution in [1.82, 2.24) is 9.55 Å². The Hall–Kier alpha value is -2.49. The number of nitrogens with one attached hydrogen (secondary N) is 1. The quantitative estimate of drug-likeness (QED) is 0.428. The van der Waals surface area contributed by atoms with Crippen molar-refractivity contribution in [3.8, 4) is 0 Å². The summed E-state index contributed by atoms with van der Waals surface area (Å²) in [7, 11) is 0. The maximum atomic E-state index is 6.20. The van der Waals surface area contributed by atoms with E-state index in [1.165, 1.54) is 5.56 Å². The second-order valence-corrected chi connectivity index (χ2v) is 7.39. The molecule has 5 heteroatoms. The summed E-state index contributed by atoms with van der Waals surface area (Å²) in [6.45, 7) is 3.40. The fourth-order valence-electron chi connectivity index (χ4n) is 3.11. The molecule has 136 valence electrons. The molecule has 0 unspecified atom stereocenters. The summed E-state index contributed by atoms with van der Waals surface area (Å²) < 4.78 is 2.22. The van der Waals surface area contributed by atoms with Crippen molar-refractivity contribution < 1.29 is 0 Å². The number of anilines is 1. The van der Waals surface area contributed by atoms with Gasteiger partial charge in [-0.3, -0.25) is 0 Å². The Bertz CT molecular complexity index is 1080. The smallest absolute Gasteiger partial charge is 0.129 e. The molecule has 1 N–H and O–H groups in total. The maximum absolute atomic E-state index is 6.20. The van der Waals surface area contributed by atoms with Crippen LogP contribution < -0.4 is 5.32 Å². The Morgan fingerprint density at radius 3 is 2.48 bits per heavy atom. The van der Waals surface area contributed by atoms with E-state index < -0.39 is 0 Å². The molecule has 1 heterocycles. The highest BCUT2D eigenvalue weighted by Gasteiger charge is 2.11. The first kappa shape index (κ1) is 17.9. The van der Waals surface area contributed by atoms with E-state index in [2.05, 4.69) is 47.1 Å². The number of aromatic nitrogens is 2. The molecule has 0 aliphatic carbocycles. The molecule has 0 saturated carbocycles. The third-order valence-corrected chi connectivity index (χ3v) is 5.30. The van der Waals surface area contributed by atoms with Gasteiger partial charge in [0.25, 0.3) is 0 Å². The Morgan fingerprint density at radius 2 is 1.70 bits per heavy atom. The van der Waals surface area contributed by atoms with Gasteiger partial charge in [-0.2, -0.15) is 0 Å². The molecule has 0 saturated heterocycles. The van der Waals surface area contributed by atoms with Gasteiger partial charge in [-0.25, -0.2) is 4.98 Å². The molecule has 0 aliphatic heterocycles. The zero-order chi connectivity index (χ0) is 18.8.